The molecule has 0 amide bonds. The lowest BCUT2D eigenvalue weighted by Crippen LogP contribution is -2.14. The van der Waals surface area contributed by atoms with Crippen molar-refractivity contribution < 1.29 is 0 Å². The summed E-state index contributed by atoms with van der Waals surface area (Å²) in [5.74, 6) is 0. The van der Waals surface area contributed by atoms with E-state index in [9.17, 15) is 0 Å². The van der Waals surface area contributed by atoms with Gasteiger partial charge in [0.15, 0.2) is 0 Å². The lowest BCUT2D eigenvalue weighted by atomic mass is 9.80. The predicted octanol–water partition coefficient (Wildman–Crippen LogP) is 12.7. The van der Waals surface area contributed by atoms with Crippen LogP contribution in [0.2, 0.25) is 0 Å². The number of hydrogen-bond acceptors (Lipinski definition) is 0. The first-order chi connectivity index (χ1) is 22.5. The van der Waals surface area contributed by atoms with Gasteiger partial charge in [0.05, 0.1) is 0 Å². The van der Waals surface area contributed by atoms with Crippen LogP contribution in [-0.4, -0.2) is 0 Å². The first-order valence-corrected chi connectivity index (χ1v) is 16.4. The van der Waals surface area contributed by atoms with E-state index < -0.39 is 0 Å². The third kappa shape index (κ3) is 3.29. The Morgan fingerprint density at radius 2 is 0.935 bits per heavy atom. The van der Waals surface area contributed by atoms with Gasteiger partial charge in [0.2, 0.25) is 0 Å². The van der Waals surface area contributed by atoms with E-state index in [0.717, 1.165) is 0 Å². The number of aryl methyl sites for hydroxylation is 1. The molecule has 0 aliphatic heterocycles. The zero-order chi connectivity index (χ0) is 30.7. The monoisotopic (exact) mass is 584 g/mol. The molecule has 0 fully saturated rings. The van der Waals surface area contributed by atoms with E-state index in [1.54, 1.807) is 0 Å². The fourth-order valence-corrected chi connectivity index (χ4v) is 8.78. The quantitative estimate of drug-likeness (QED) is 0.177. The van der Waals surface area contributed by atoms with E-state index in [-0.39, 0.29) is 5.41 Å². The molecule has 0 heteroatoms. The zero-order valence-electron chi connectivity index (χ0n) is 26.3. The fourth-order valence-electron chi connectivity index (χ4n) is 8.78. The van der Waals surface area contributed by atoms with Gasteiger partial charge in [-0.2, -0.15) is 0 Å². The first kappa shape index (κ1) is 25.8. The van der Waals surface area contributed by atoms with E-state index in [4.69, 9.17) is 0 Å². The standard InChI is InChI=1S/C46H32/c1-27-19-21-39-40(25-27)43(28-20-22-32-31-13-8-9-18-41(31)46(2,3)42(32)26-28)34-14-6-7-15-35(34)45(39)38-24-23-37-30-12-5-4-11-29(30)33-16-10-17-36(38)44(33)37/h4-26H,1-3H3. The summed E-state index contributed by atoms with van der Waals surface area (Å²) < 4.78 is 0. The van der Waals surface area contributed by atoms with E-state index in [2.05, 4.69) is 160 Å². The summed E-state index contributed by atoms with van der Waals surface area (Å²) in [6.45, 7) is 6.97. The van der Waals surface area contributed by atoms with Gasteiger partial charge >= 0.3 is 0 Å². The van der Waals surface area contributed by atoms with Gasteiger partial charge in [-0.25, -0.2) is 0 Å². The van der Waals surface area contributed by atoms with E-state index >= 15 is 0 Å². The van der Waals surface area contributed by atoms with Gasteiger partial charge in [-0.15, -0.1) is 0 Å². The summed E-state index contributed by atoms with van der Waals surface area (Å²) in [6.07, 6.45) is 0. The van der Waals surface area contributed by atoms with Gasteiger partial charge in [-0.1, -0.05) is 153 Å². The van der Waals surface area contributed by atoms with Gasteiger partial charge in [0.1, 0.15) is 0 Å². The van der Waals surface area contributed by atoms with Crippen LogP contribution in [0.5, 0.6) is 0 Å². The smallest absolute Gasteiger partial charge is 0.0159 e. The van der Waals surface area contributed by atoms with Gasteiger partial charge < -0.3 is 0 Å². The maximum absolute atomic E-state index is 2.48. The van der Waals surface area contributed by atoms with E-state index in [1.165, 1.54) is 105 Å². The van der Waals surface area contributed by atoms with Crippen molar-refractivity contribution >= 4 is 32.3 Å². The van der Waals surface area contributed by atoms with E-state index in [1.807, 2.05) is 0 Å². The molecule has 0 saturated heterocycles. The lowest BCUT2D eigenvalue weighted by Gasteiger charge is -2.23. The Hall–Kier alpha value is -5.46. The maximum Gasteiger partial charge on any atom is 0.0159 e. The minimum Gasteiger partial charge on any atom is -0.0619 e. The highest BCUT2D eigenvalue weighted by atomic mass is 14.4. The van der Waals surface area contributed by atoms with Crippen LogP contribution in [0.25, 0.3) is 88.0 Å². The molecule has 0 unspecified atom stereocenters. The van der Waals surface area contributed by atoms with Crippen molar-refractivity contribution in [3.8, 4) is 55.6 Å². The molecule has 0 radical (unpaired) electrons. The molecule has 0 nitrogen and oxygen atoms in total. The van der Waals surface area contributed by atoms with Crippen molar-refractivity contribution in [3.05, 3.63) is 156 Å². The van der Waals surface area contributed by atoms with Crippen molar-refractivity contribution in [2.45, 2.75) is 26.2 Å². The third-order valence-electron chi connectivity index (χ3n) is 10.9. The average Bonchev–Trinajstić information content (AvgIpc) is 3.53. The fraction of sp³-hybridized carbons (Fsp3) is 0.0870. The molecule has 8 aromatic carbocycles. The first-order valence-electron chi connectivity index (χ1n) is 16.4. The Morgan fingerprint density at radius 3 is 1.74 bits per heavy atom. The molecular formula is C46H32. The van der Waals surface area contributed by atoms with Crippen LogP contribution in [0.1, 0.15) is 30.5 Å². The molecule has 216 valence electrons. The van der Waals surface area contributed by atoms with Crippen molar-refractivity contribution in [2.24, 2.45) is 0 Å². The predicted molar refractivity (Wildman–Crippen MR) is 197 cm³/mol. The summed E-state index contributed by atoms with van der Waals surface area (Å²) in [5.41, 5.74) is 17.4. The van der Waals surface area contributed by atoms with Crippen LogP contribution in [0, 0.1) is 6.92 Å². The lowest BCUT2D eigenvalue weighted by molar-refractivity contribution is 0.660. The number of benzene rings is 8. The Bertz CT molecular complexity index is 2580. The summed E-state index contributed by atoms with van der Waals surface area (Å²) >= 11 is 0. The SMILES string of the molecule is Cc1ccc2c(-c3ccc4c5c(cccc35)-c3ccccc3-4)c3ccccc3c(-c3ccc4c(c3)C(C)(C)c3ccccc3-4)c2c1. The highest BCUT2D eigenvalue weighted by molar-refractivity contribution is 6.26. The largest absolute Gasteiger partial charge is 0.0619 e. The van der Waals surface area contributed by atoms with Crippen LogP contribution in [-0.2, 0) is 5.41 Å². The van der Waals surface area contributed by atoms with Gasteiger partial charge in [-0.05, 0) is 112 Å². The van der Waals surface area contributed by atoms with Crippen molar-refractivity contribution in [1.29, 1.82) is 0 Å². The van der Waals surface area contributed by atoms with Crippen LogP contribution in [0.4, 0.5) is 0 Å². The highest BCUT2D eigenvalue weighted by Gasteiger charge is 2.35. The molecule has 0 atom stereocenters. The second-order valence-electron chi connectivity index (χ2n) is 13.7. The Kier molecular flexibility index (Phi) is 5.08. The Balaban J connectivity index is 1.29. The van der Waals surface area contributed by atoms with Crippen molar-refractivity contribution in [2.75, 3.05) is 0 Å². The van der Waals surface area contributed by atoms with Crippen molar-refractivity contribution in [1.82, 2.24) is 0 Å². The molecule has 46 heavy (non-hydrogen) atoms. The number of fused-ring (bicyclic) bond motifs is 8. The molecule has 10 rings (SSSR count). The van der Waals surface area contributed by atoms with Gasteiger partial charge in [0.25, 0.3) is 0 Å². The van der Waals surface area contributed by atoms with Crippen LogP contribution < -0.4 is 0 Å². The minimum absolute atomic E-state index is 0.0500. The molecule has 0 heterocycles. The molecule has 2 aliphatic rings. The van der Waals surface area contributed by atoms with Crippen LogP contribution in [0.3, 0.4) is 0 Å². The van der Waals surface area contributed by atoms with Gasteiger partial charge in [0, 0.05) is 5.41 Å². The normalized spacial score (nSPS) is 13.7. The van der Waals surface area contributed by atoms with Crippen LogP contribution in [0.15, 0.2) is 140 Å². The van der Waals surface area contributed by atoms with Crippen LogP contribution >= 0.6 is 0 Å². The molecule has 0 spiro atoms. The second kappa shape index (κ2) is 9.05. The number of rotatable bonds is 2. The molecular weight excluding hydrogens is 553 g/mol. The number of hydrogen-bond donors (Lipinski definition) is 0. The average molecular weight is 585 g/mol. The maximum atomic E-state index is 2.48. The van der Waals surface area contributed by atoms with Crippen molar-refractivity contribution in [3.63, 3.8) is 0 Å². The summed E-state index contributed by atoms with van der Waals surface area (Å²) in [4.78, 5) is 0. The highest BCUT2D eigenvalue weighted by Crippen LogP contribution is 2.53. The molecule has 0 N–H and O–H groups in total. The van der Waals surface area contributed by atoms with E-state index in [0.29, 0.717) is 0 Å². The van der Waals surface area contributed by atoms with Gasteiger partial charge in [-0.3, -0.25) is 0 Å². The molecule has 0 saturated carbocycles. The molecule has 0 aromatic heterocycles. The minimum atomic E-state index is -0.0500. The topological polar surface area (TPSA) is 0 Å². The summed E-state index contributed by atoms with van der Waals surface area (Å²) in [5, 5.41) is 7.91. The molecule has 8 aromatic rings. The molecule has 2 aliphatic carbocycles. The summed E-state index contributed by atoms with van der Waals surface area (Å²) in [6, 6.07) is 52.7. The third-order valence-corrected chi connectivity index (χ3v) is 10.9. The molecule has 0 bridgehead atoms. The Labute approximate surface area is 269 Å². The Morgan fingerprint density at radius 1 is 0.370 bits per heavy atom. The second-order valence-corrected chi connectivity index (χ2v) is 13.7. The zero-order valence-corrected chi connectivity index (χ0v) is 26.3. The summed E-state index contributed by atoms with van der Waals surface area (Å²) in [7, 11) is 0.